The molecule has 24 heavy (non-hydrogen) atoms. The van der Waals surface area contributed by atoms with Gasteiger partial charge in [-0.15, -0.1) is 0 Å². The number of benzene rings is 2. The first-order valence-corrected chi connectivity index (χ1v) is 8.09. The highest BCUT2D eigenvalue weighted by Crippen LogP contribution is 2.19. The molecule has 0 N–H and O–H groups in total. The van der Waals surface area contributed by atoms with Crippen molar-refractivity contribution in [1.82, 2.24) is 9.55 Å². The number of ether oxygens (including phenoxy) is 1. The molecule has 4 nitrogen and oxygen atoms in total. The molecule has 122 valence electrons. The Labute approximate surface area is 145 Å². The Morgan fingerprint density at radius 3 is 2.67 bits per heavy atom. The summed E-state index contributed by atoms with van der Waals surface area (Å²) in [5.74, 6) is 0.431. The fourth-order valence-electron chi connectivity index (χ4n) is 2.47. The number of aromatic nitrogens is 2. The lowest BCUT2D eigenvalue weighted by atomic mass is 10.2. The average molecular weight is 341 g/mol. The van der Waals surface area contributed by atoms with Gasteiger partial charge in [0.15, 0.2) is 0 Å². The molecule has 0 atom stereocenters. The van der Waals surface area contributed by atoms with Gasteiger partial charge in [-0.05, 0) is 42.8 Å². The second-order valence-electron chi connectivity index (χ2n) is 5.23. The molecule has 0 aliphatic rings. The Balaban J connectivity index is 1.96. The summed E-state index contributed by atoms with van der Waals surface area (Å²) >= 11 is 5.90. The van der Waals surface area contributed by atoms with Gasteiger partial charge in [0.2, 0.25) is 0 Å². The van der Waals surface area contributed by atoms with Gasteiger partial charge in [0.25, 0.3) is 0 Å². The quantitative estimate of drug-likeness (QED) is 0.646. The van der Waals surface area contributed by atoms with Crippen LogP contribution in [0.1, 0.15) is 18.3 Å². The molecular weight excluding hydrogens is 324 g/mol. The van der Waals surface area contributed by atoms with Gasteiger partial charge in [-0.1, -0.05) is 41.9 Å². The zero-order chi connectivity index (χ0) is 16.9. The van der Waals surface area contributed by atoms with Gasteiger partial charge in [0.1, 0.15) is 12.4 Å². The number of para-hydroxylation sites is 2. The Bertz CT molecular complexity index is 882. The first-order chi connectivity index (χ1) is 11.7. The van der Waals surface area contributed by atoms with Gasteiger partial charge in [-0.3, -0.25) is 4.79 Å². The number of esters is 1. The van der Waals surface area contributed by atoms with Crippen LogP contribution in [0.3, 0.4) is 0 Å². The fraction of sp³-hybridized carbons (Fsp3) is 0.158. The molecule has 0 spiro atoms. The molecule has 3 aromatic rings. The van der Waals surface area contributed by atoms with Crippen molar-refractivity contribution in [2.24, 2.45) is 0 Å². The van der Waals surface area contributed by atoms with E-state index in [4.69, 9.17) is 16.3 Å². The number of imidazole rings is 1. The molecule has 0 saturated carbocycles. The lowest BCUT2D eigenvalue weighted by Crippen LogP contribution is -2.14. The van der Waals surface area contributed by atoms with E-state index in [9.17, 15) is 4.79 Å². The summed E-state index contributed by atoms with van der Waals surface area (Å²) < 4.78 is 6.93. The number of carbonyl (C=O) groups excluding carboxylic acids is 1. The normalized spacial score (nSPS) is 11.2. The van der Waals surface area contributed by atoms with Crippen LogP contribution >= 0.6 is 11.6 Å². The van der Waals surface area contributed by atoms with E-state index in [-0.39, 0.29) is 12.5 Å². The lowest BCUT2D eigenvalue weighted by molar-refractivity contribution is -0.143. The van der Waals surface area contributed by atoms with Crippen LogP contribution < -0.4 is 0 Å². The summed E-state index contributed by atoms with van der Waals surface area (Å²) in [6, 6.07) is 15.3. The van der Waals surface area contributed by atoms with Crippen molar-refractivity contribution in [3.05, 3.63) is 64.9 Å². The first-order valence-electron chi connectivity index (χ1n) is 7.72. The monoisotopic (exact) mass is 340 g/mol. The third kappa shape index (κ3) is 3.66. The Hall–Kier alpha value is -2.59. The molecule has 1 heterocycles. The van der Waals surface area contributed by atoms with Crippen molar-refractivity contribution in [3.63, 3.8) is 0 Å². The van der Waals surface area contributed by atoms with Crippen LogP contribution in [-0.4, -0.2) is 22.1 Å². The summed E-state index contributed by atoms with van der Waals surface area (Å²) in [6.45, 7) is 2.29. The number of rotatable bonds is 5. The third-order valence-electron chi connectivity index (χ3n) is 3.57. The molecule has 0 bridgehead atoms. The highest BCUT2D eigenvalue weighted by molar-refractivity contribution is 6.30. The first kappa shape index (κ1) is 16.3. The minimum atomic E-state index is -0.276. The van der Waals surface area contributed by atoms with Crippen LogP contribution in [0.4, 0.5) is 0 Å². The minimum absolute atomic E-state index is 0.134. The molecule has 0 fully saturated rings. The van der Waals surface area contributed by atoms with Gasteiger partial charge in [0, 0.05) is 5.02 Å². The van der Waals surface area contributed by atoms with Crippen molar-refractivity contribution in [1.29, 1.82) is 0 Å². The topological polar surface area (TPSA) is 44.1 Å². The van der Waals surface area contributed by atoms with Gasteiger partial charge in [0.05, 0.1) is 17.6 Å². The van der Waals surface area contributed by atoms with Crippen LogP contribution in [-0.2, 0) is 16.1 Å². The van der Waals surface area contributed by atoms with Crippen molar-refractivity contribution < 1.29 is 9.53 Å². The molecule has 0 radical (unpaired) electrons. The summed E-state index contributed by atoms with van der Waals surface area (Å²) in [5, 5.41) is 0.696. The van der Waals surface area contributed by atoms with E-state index < -0.39 is 0 Å². The van der Waals surface area contributed by atoms with Gasteiger partial charge >= 0.3 is 5.97 Å². The summed E-state index contributed by atoms with van der Waals surface area (Å²) in [5.41, 5.74) is 2.76. The van der Waals surface area contributed by atoms with Crippen LogP contribution in [0.5, 0.6) is 0 Å². The lowest BCUT2D eigenvalue weighted by Gasteiger charge is -2.06. The molecule has 1 aromatic heterocycles. The molecule has 3 rings (SSSR count). The van der Waals surface area contributed by atoms with Gasteiger partial charge < -0.3 is 9.30 Å². The Morgan fingerprint density at radius 1 is 1.17 bits per heavy atom. The van der Waals surface area contributed by atoms with Gasteiger partial charge in [-0.25, -0.2) is 4.98 Å². The second kappa shape index (κ2) is 7.32. The summed E-state index contributed by atoms with van der Waals surface area (Å²) in [7, 11) is 0. The van der Waals surface area contributed by atoms with E-state index in [1.165, 1.54) is 0 Å². The molecule has 0 saturated heterocycles. The maximum Gasteiger partial charge on any atom is 0.326 e. The number of nitrogens with zero attached hydrogens (tertiary/aromatic N) is 2. The zero-order valence-electron chi connectivity index (χ0n) is 13.3. The van der Waals surface area contributed by atoms with E-state index in [0.29, 0.717) is 17.5 Å². The molecule has 0 amide bonds. The smallest absolute Gasteiger partial charge is 0.326 e. The molecule has 2 aromatic carbocycles. The predicted octanol–water partition coefficient (Wildman–Crippen LogP) is 4.42. The highest BCUT2D eigenvalue weighted by Gasteiger charge is 2.12. The van der Waals surface area contributed by atoms with Crippen molar-refractivity contribution >= 4 is 40.8 Å². The SMILES string of the molecule is CCOC(=O)Cn1c(/C=C/c2ccc(Cl)cc2)nc2ccccc21. The number of fused-ring (bicyclic) bond motifs is 1. The van der Waals surface area contributed by atoms with E-state index in [2.05, 4.69) is 4.98 Å². The zero-order valence-corrected chi connectivity index (χ0v) is 14.0. The van der Waals surface area contributed by atoms with Gasteiger partial charge in [-0.2, -0.15) is 0 Å². The summed E-state index contributed by atoms with van der Waals surface area (Å²) in [6.07, 6.45) is 3.83. The maximum absolute atomic E-state index is 11.9. The van der Waals surface area contributed by atoms with Crippen LogP contribution in [0.15, 0.2) is 48.5 Å². The standard InChI is InChI=1S/C19H17ClN2O2/c1-2-24-19(23)13-22-17-6-4-3-5-16(17)21-18(22)12-9-14-7-10-15(20)11-8-14/h3-12H,2,13H2,1H3/b12-9+. The van der Waals surface area contributed by atoms with Crippen LogP contribution in [0.2, 0.25) is 5.02 Å². The van der Waals surface area contributed by atoms with Crippen molar-refractivity contribution in [2.45, 2.75) is 13.5 Å². The molecule has 0 unspecified atom stereocenters. The number of hydrogen-bond acceptors (Lipinski definition) is 3. The molecular formula is C19H17ClN2O2. The fourth-order valence-corrected chi connectivity index (χ4v) is 2.59. The van der Waals surface area contributed by atoms with Crippen LogP contribution in [0.25, 0.3) is 23.2 Å². The number of carbonyl (C=O) groups is 1. The third-order valence-corrected chi connectivity index (χ3v) is 3.82. The average Bonchev–Trinajstić information content (AvgIpc) is 2.92. The van der Waals surface area contributed by atoms with E-state index in [1.807, 2.05) is 65.3 Å². The Kier molecular flexibility index (Phi) is 4.96. The van der Waals surface area contributed by atoms with Crippen LogP contribution in [0, 0.1) is 0 Å². The molecule has 0 aliphatic carbocycles. The second-order valence-corrected chi connectivity index (χ2v) is 5.67. The largest absolute Gasteiger partial charge is 0.465 e. The number of hydrogen-bond donors (Lipinski definition) is 0. The minimum Gasteiger partial charge on any atom is -0.465 e. The van der Waals surface area contributed by atoms with Crippen molar-refractivity contribution in [2.75, 3.05) is 6.61 Å². The van der Waals surface area contributed by atoms with E-state index >= 15 is 0 Å². The summed E-state index contributed by atoms with van der Waals surface area (Å²) in [4.78, 5) is 16.5. The molecule has 5 heteroatoms. The van der Waals surface area contributed by atoms with Crippen molar-refractivity contribution in [3.8, 4) is 0 Å². The maximum atomic E-state index is 11.9. The molecule has 0 aliphatic heterocycles. The highest BCUT2D eigenvalue weighted by atomic mass is 35.5. The Morgan fingerprint density at radius 2 is 1.92 bits per heavy atom. The number of halogens is 1. The predicted molar refractivity (Wildman–Crippen MR) is 96.7 cm³/mol. The van der Waals surface area contributed by atoms with E-state index in [1.54, 1.807) is 6.92 Å². The van der Waals surface area contributed by atoms with E-state index in [0.717, 1.165) is 16.6 Å².